The smallest absolute Gasteiger partial charge is 0.201 e. The second-order valence-corrected chi connectivity index (χ2v) is 6.84. The summed E-state index contributed by atoms with van der Waals surface area (Å²) in [4.78, 5) is 9.06. The molecule has 0 aromatic heterocycles. The summed E-state index contributed by atoms with van der Waals surface area (Å²) in [6.07, 6.45) is 8.87. The number of nitrogens with zero attached hydrogens (tertiary/aromatic N) is 2. The molecular weight excluding hydrogens is 312 g/mol. The van der Waals surface area contributed by atoms with Gasteiger partial charge in [-0.1, -0.05) is 42.0 Å². The van der Waals surface area contributed by atoms with E-state index in [1.54, 1.807) is 0 Å². The fourth-order valence-corrected chi connectivity index (χ4v) is 3.29. The van der Waals surface area contributed by atoms with Gasteiger partial charge in [-0.3, -0.25) is 11.1 Å². The molecule has 0 amide bonds. The second kappa shape index (κ2) is 7.70. The predicted octanol–water partition coefficient (Wildman–Crippen LogP) is 2.50. The van der Waals surface area contributed by atoms with Crippen molar-refractivity contribution in [2.45, 2.75) is 57.3 Å². The number of guanidine groups is 2. The van der Waals surface area contributed by atoms with Gasteiger partial charge in [-0.05, 0) is 44.6 Å². The van der Waals surface area contributed by atoms with E-state index >= 15 is 0 Å². The lowest BCUT2D eigenvalue weighted by Gasteiger charge is -2.33. The largest absolute Gasteiger partial charge is 0.370 e. The molecule has 0 saturated heterocycles. The summed E-state index contributed by atoms with van der Waals surface area (Å²) >= 11 is 0. The van der Waals surface area contributed by atoms with Crippen LogP contribution in [0.15, 0.2) is 52.0 Å². The molecule has 0 spiro atoms. The van der Waals surface area contributed by atoms with Crippen molar-refractivity contribution in [2.75, 3.05) is 0 Å². The Morgan fingerprint density at radius 3 is 2.80 bits per heavy atom. The molecule has 0 fully saturated rings. The van der Waals surface area contributed by atoms with E-state index in [9.17, 15) is 0 Å². The number of aliphatic imine (C=N–C) groups is 2. The second-order valence-electron chi connectivity index (χ2n) is 6.84. The Labute approximate surface area is 149 Å². The zero-order chi connectivity index (χ0) is 17.7. The molecule has 1 heterocycles. The van der Waals surface area contributed by atoms with E-state index in [0.717, 1.165) is 12.0 Å². The van der Waals surface area contributed by atoms with Crippen LogP contribution in [-0.4, -0.2) is 17.7 Å². The molecule has 2 atom stereocenters. The van der Waals surface area contributed by atoms with Crippen LogP contribution >= 0.6 is 0 Å². The number of hydrogen-bond donors (Lipinski definition) is 4. The van der Waals surface area contributed by atoms with Crippen LogP contribution in [0.3, 0.4) is 0 Å². The first-order valence-corrected chi connectivity index (χ1v) is 9.04. The highest BCUT2D eigenvalue weighted by atomic mass is 15.4. The third kappa shape index (κ3) is 4.82. The summed E-state index contributed by atoms with van der Waals surface area (Å²) in [5.74, 6) is -0.0371. The Morgan fingerprint density at radius 2 is 2.08 bits per heavy atom. The van der Waals surface area contributed by atoms with Crippen LogP contribution in [0.5, 0.6) is 0 Å². The van der Waals surface area contributed by atoms with Crippen molar-refractivity contribution in [3.8, 4) is 0 Å². The number of benzene rings is 1. The lowest BCUT2D eigenvalue weighted by atomic mass is 9.94. The van der Waals surface area contributed by atoms with Crippen LogP contribution in [-0.2, 0) is 0 Å². The third-order valence-corrected chi connectivity index (χ3v) is 4.72. The summed E-state index contributed by atoms with van der Waals surface area (Å²) in [5, 5.41) is 6.20. The van der Waals surface area contributed by atoms with E-state index in [0.29, 0.717) is 18.3 Å². The van der Waals surface area contributed by atoms with E-state index in [4.69, 9.17) is 11.5 Å². The minimum absolute atomic E-state index is 0.00703. The van der Waals surface area contributed by atoms with Crippen molar-refractivity contribution in [1.29, 1.82) is 0 Å². The molecule has 134 valence electrons. The van der Waals surface area contributed by atoms with Crippen LogP contribution in [0.4, 0.5) is 0 Å². The molecule has 1 aliphatic heterocycles. The molecular formula is C19H28N6. The highest BCUT2D eigenvalue weighted by Crippen LogP contribution is 2.24. The highest BCUT2D eigenvalue weighted by Gasteiger charge is 2.30. The molecule has 6 heteroatoms. The van der Waals surface area contributed by atoms with E-state index in [1.807, 2.05) is 25.1 Å². The summed E-state index contributed by atoms with van der Waals surface area (Å²) in [6, 6.07) is 10.1. The summed E-state index contributed by atoms with van der Waals surface area (Å²) in [7, 11) is 0. The Bertz CT molecular complexity index is 678. The first-order valence-electron chi connectivity index (χ1n) is 9.04. The van der Waals surface area contributed by atoms with Crippen molar-refractivity contribution in [3.05, 3.63) is 47.5 Å². The average molecular weight is 340 g/mol. The Morgan fingerprint density at radius 1 is 1.28 bits per heavy atom. The predicted molar refractivity (Wildman–Crippen MR) is 103 cm³/mol. The molecule has 6 N–H and O–H groups in total. The van der Waals surface area contributed by atoms with Gasteiger partial charge in [-0.2, -0.15) is 0 Å². The Hall–Kier alpha value is -2.34. The maximum atomic E-state index is 6.44. The monoisotopic (exact) mass is 340 g/mol. The van der Waals surface area contributed by atoms with Crippen molar-refractivity contribution < 1.29 is 0 Å². The minimum atomic E-state index is -0.914. The molecule has 1 aromatic carbocycles. The van der Waals surface area contributed by atoms with Gasteiger partial charge < -0.3 is 11.1 Å². The number of hydrogen-bond acceptors (Lipinski definition) is 4. The average Bonchev–Trinajstić information content (AvgIpc) is 2.61. The van der Waals surface area contributed by atoms with Crippen molar-refractivity contribution in [2.24, 2.45) is 21.5 Å². The Kier molecular flexibility index (Phi) is 5.38. The summed E-state index contributed by atoms with van der Waals surface area (Å²) in [5.41, 5.74) is 15.0. The Balaban J connectivity index is 1.68. The van der Waals surface area contributed by atoms with Gasteiger partial charge in [-0.25, -0.2) is 9.98 Å². The zero-order valence-electron chi connectivity index (χ0n) is 14.8. The highest BCUT2D eigenvalue weighted by molar-refractivity contribution is 6.00. The standard InChI is InChI=1S/C19H28N6/c1-14(16-10-6-3-7-11-16)22-18-23-17(20)24-19(21,25-18)13-12-15-8-4-2-5-9-15/h3,6-8,10-11,14H,2,4-5,9,12-13,21H2,1H3,(H4,20,22,23,24,25)/t14-,19?/m0/s1. The van der Waals surface area contributed by atoms with Crippen LogP contribution in [0.25, 0.3) is 0 Å². The molecule has 2 aliphatic rings. The molecule has 1 aliphatic carbocycles. The molecule has 1 aromatic rings. The molecule has 0 bridgehead atoms. The van der Waals surface area contributed by atoms with E-state index in [2.05, 4.69) is 38.8 Å². The van der Waals surface area contributed by atoms with E-state index in [-0.39, 0.29) is 6.04 Å². The SMILES string of the molecule is C[C@H](N=C1NC(N)=NC(N)(CCC2=CCCCC2)N1)c1ccccc1. The fourth-order valence-electron chi connectivity index (χ4n) is 3.29. The molecule has 3 rings (SSSR count). The van der Waals surface area contributed by atoms with Crippen molar-refractivity contribution >= 4 is 11.9 Å². The van der Waals surface area contributed by atoms with Crippen LogP contribution < -0.4 is 22.1 Å². The fraction of sp³-hybridized carbons (Fsp3) is 0.474. The van der Waals surface area contributed by atoms with Crippen LogP contribution in [0.1, 0.15) is 57.1 Å². The van der Waals surface area contributed by atoms with Crippen LogP contribution in [0.2, 0.25) is 0 Å². The molecule has 0 radical (unpaired) electrons. The van der Waals surface area contributed by atoms with E-state index < -0.39 is 5.79 Å². The van der Waals surface area contributed by atoms with Gasteiger partial charge in [0.25, 0.3) is 0 Å². The first-order chi connectivity index (χ1) is 12.0. The van der Waals surface area contributed by atoms with E-state index in [1.165, 1.54) is 31.3 Å². The molecule has 25 heavy (non-hydrogen) atoms. The summed E-state index contributed by atoms with van der Waals surface area (Å²) in [6.45, 7) is 2.04. The van der Waals surface area contributed by atoms with Gasteiger partial charge in [0.2, 0.25) is 5.96 Å². The normalized spacial score (nSPS) is 26.2. The first kappa shape index (κ1) is 17.5. The quantitative estimate of drug-likeness (QED) is 0.619. The molecule has 6 nitrogen and oxygen atoms in total. The third-order valence-electron chi connectivity index (χ3n) is 4.72. The minimum Gasteiger partial charge on any atom is -0.370 e. The number of rotatable bonds is 5. The summed E-state index contributed by atoms with van der Waals surface area (Å²) < 4.78 is 0. The van der Waals surface area contributed by atoms with Crippen LogP contribution in [0, 0.1) is 0 Å². The topological polar surface area (TPSA) is 101 Å². The maximum absolute atomic E-state index is 6.44. The van der Waals surface area contributed by atoms with Gasteiger partial charge >= 0.3 is 0 Å². The number of allylic oxidation sites excluding steroid dienone is 2. The number of nitrogens with one attached hydrogen (secondary N) is 2. The lowest BCUT2D eigenvalue weighted by molar-refractivity contribution is 0.365. The van der Waals surface area contributed by atoms with Gasteiger partial charge in [0.05, 0.1) is 6.04 Å². The van der Waals surface area contributed by atoms with Gasteiger partial charge in [0.15, 0.2) is 11.7 Å². The number of nitrogens with two attached hydrogens (primary N) is 2. The molecule has 0 saturated carbocycles. The van der Waals surface area contributed by atoms with Gasteiger partial charge in [-0.15, -0.1) is 0 Å². The van der Waals surface area contributed by atoms with Crippen molar-refractivity contribution in [3.63, 3.8) is 0 Å². The zero-order valence-corrected chi connectivity index (χ0v) is 14.8. The van der Waals surface area contributed by atoms with Gasteiger partial charge in [0.1, 0.15) is 0 Å². The van der Waals surface area contributed by atoms with Crippen molar-refractivity contribution in [1.82, 2.24) is 10.6 Å². The van der Waals surface area contributed by atoms with Gasteiger partial charge in [0, 0.05) is 6.42 Å². The molecule has 1 unspecified atom stereocenters. The maximum Gasteiger partial charge on any atom is 0.201 e. The lowest BCUT2D eigenvalue weighted by Crippen LogP contribution is -2.64.